The fourth-order valence-corrected chi connectivity index (χ4v) is 2.37. The molecule has 108 valence electrons. The van der Waals surface area contributed by atoms with Crippen LogP contribution in [0, 0.1) is 5.41 Å². The van der Waals surface area contributed by atoms with Gasteiger partial charge in [0.25, 0.3) is 0 Å². The molecule has 1 aromatic carbocycles. The molecule has 0 fully saturated rings. The minimum Gasteiger partial charge on any atom is -0.384 e. The lowest BCUT2D eigenvalue weighted by Gasteiger charge is -2.23. The van der Waals surface area contributed by atoms with Crippen LogP contribution in [0.3, 0.4) is 0 Å². The first kappa shape index (κ1) is 14.4. The Balaban J connectivity index is 1.99. The van der Waals surface area contributed by atoms with Gasteiger partial charge in [-0.3, -0.25) is 9.59 Å². The van der Waals surface area contributed by atoms with E-state index in [0.717, 1.165) is 11.3 Å². The van der Waals surface area contributed by atoms with Crippen molar-refractivity contribution in [2.45, 2.75) is 19.8 Å². The molecular formula is C15H21N3O2. The molecule has 20 heavy (non-hydrogen) atoms. The van der Waals surface area contributed by atoms with E-state index in [0.29, 0.717) is 13.1 Å². The van der Waals surface area contributed by atoms with Gasteiger partial charge in [-0.05, 0) is 25.5 Å². The van der Waals surface area contributed by atoms with Crippen molar-refractivity contribution in [1.29, 1.82) is 0 Å². The van der Waals surface area contributed by atoms with Crippen LogP contribution >= 0.6 is 0 Å². The van der Waals surface area contributed by atoms with Crippen LogP contribution in [0.4, 0.5) is 5.69 Å². The predicted molar refractivity (Wildman–Crippen MR) is 78.5 cm³/mol. The maximum absolute atomic E-state index is 12.3. The van der Waals surface area contributed by atoms with Crippen LogP contribution in [0.1, 0.15) is 25.3 Å². The third-order valence-corrected chi connectivity index (χ3v) is 3.70. The highest BCUT2D eigenvalue weighted by molar-refractivity contribution is 5.89. The molecule has 1 aliphatic heterocycles. The van der Waals surface area contributed by atoms with Gasteiger partial charge in [-0.2, -0.15) is 0 Å². The third-order valence-electron chi connectivity index (χ3n) is 3.70. The molecule has 0 spiro atoms. The number of hydrogen-bond acceptors (Lipinski definition) is 3. The number of fused-ring (bicyclic) bond motifs is 1. The Kier molecular flexibility index (Phi) is 3.97. The van der Waals surface area contributed by atoms with E-state index in [1.165, 1.54) is 0 Å². The van der Waals surface area contributed by atoms with Crippen LogP contribution in [0.2, 0.25) is 0 Å². The summed E-state index contributed by atoms with van der Waals surface area (Å²) in [6, 6.07) is 7.81. The van der Waals surface area contributed by atoms with Crippen molar-refractivity contribution in [2.24, 2.45) is 5.41 Å². The normalized spacial score (nSPS) is 17.1. The average molecular weight is 275 g/mol. The number of para-hydroxylation sites is 1. The molecule has 2 amide bonds. The molecule has 0 saturated carbocycles. The number of carbonyl (C=O) groups is 2. The van der Waals surface area contributed by atoms with Gasteiger partial charge in [-0.15, -0.1) is 0 Å². The molecule has 3 N–H and O–H groups in total. The topological polar surface area (TPSA) is 70.2 Å². The molecule has 1 aromatic rings. The highest BCUT2D eigenvalue weighted by Crippen LogP contribution is 2.31. The number of carbonyl (C=O) groups excluding carboxylic acids is 2. The van der Waals surface area contributed by atoms with Crippen LogP contribution in [0.25, 0.3) is 0 Å². The van der Waals surface area contributed by atoms with E-state index in [2.05, 4.69) is 16.0 Å². The van der Waals surface area contributed by atoms with Gasteiger partial charge in [0.05, 0.1) is 11.3 Å². The van der Waals surface area contributed by atoms with E-state index in [4.69, 9.17) is 0 Å². The number of anilines is 1. The lowest BCUT2D eigenvalue weighted by molar-refractivity contribution is -0.129. The van der Waals surface area contributed by atoms with Crippen LogP contribution in [-0.2, 0) is 9.59 Å². The number of amides is 2. The second-order valence-electron chi connectivity index (χ2n) is 5.70. The lowest BCUT2D eigenvalue weighted by atomic mass is 9.91. The van der Waals surface area contributed by atoms with E-state index in [-0.39, 0.29) is 17.7 Å². The second-order valence-corrected chi connectivity index (χ2v) is 5.70. The summed E-state index contributed by atoms with van der Waals surface area (Å²) in [5.41, 5.74) is 1.41. The van der Waals surface area contributed by atoms with Crippen molar-refractivity contribution in [3.63, 3.8) is 0 Å². The van der Waals surface area contributed by atoms with E-state index in [1.807, 2.05) is 38.1 Å². The minimum absolute atomic E-state index is 0.0422. The molecule has 5 heteroatoms. The zero-order chi connectivity index (χ0) is 14.8. The van der Waals surface area contributed by atoms with Crippen molar-refractivity contribution in [3.8, 4) is 0 Å². The second kappa shape index (κ2) is 5.53. The molecule has 5 nitrogen and oxygen atoms in total. The van der Waals surface area contributed by atoms with Gasteiger partial charge in [0.15, 0.2) is 0 Å². The number of benzene rings is 1. The molecule has 1 aliphatic rings. The van der Waals surface area contributed by atoms with Gasteiger partial charge >= 0.3 is 0 Å². The summed E-state index contributed by atoms with van der Waals surface area (Å²) in [7, 11) is 1.60. The standard InChI is InChI=1S/C15H21N3O2/c1-15(2,14(20)16-3)9-18-13(19)11-8-17-12-7-5-4-6-10(11)12/h4-7,11,17H,8-9H2,1-3H3,(H,16,20)(H,18,19). The fourth-order valence-electron chi connectivity index (χ4n) is 2.37. The molecule has 0 bridgehead atoms. The van der Waals surface area contributed by atoms with E-state index < -0.39 is 5.41 Å². The van der Waals surface area contributed by atoms with Crippen LogP contribution in [0.15, 0.2) is 24.3 Å². The van der Waals surface area contributed by atoms with E-state index in [1.54, 1.807) is 7.05 Å². The van der Waals surface area contributed by atoms with Crippen molar-refractivity contribution in [3.05, 3.63) is 29.8 Å². The zero-order valence-electron chi connectivity index (χ0n) is 12.1. The summed E-state index contributed by atoms with van der Waals surface area (Å²) in [4.78, 5) is 24.0. The fraction of sp³-hybridized carbons (Fsp3) is 0.467. The molecule has 0 aliphatic carbocycles. The first-order valence-electron chi connectivity index (χ1n) is 6.78. The van der Waals surface area contributed by atoms with Crippen molar-refractivity contribution in [2.75, 3.05) is 25.5 Å². The Hall–Kier alpha value is -2.04. The number of nitrogens with one attached hydrogen (secondary N) is 3. The molecule has 2 rings (SSSR count). The molecular weight excluding hydrogens is 254 g/mol. The monoisotopic (exact) mass is 275 g/mol. The zero-order valence-corrected chi connectivity index (χ0v) is 12.1. The summed E-state index contributed by atoms with van der Waals surface area (Å²) in [6.45, 7) is 4.55. The number of rotatable bonds is 4. The highest BCUT2D eigenvalue weighted by atomic mass is 16.2. The SMILES string of the molecule is CNC(=O)C(C)(C)CNC(=O)C1CNc2ccccc21. The van der Waals surface area contributed by atoms with E-state index in [9.17, 15) is 9.59 Å². The minimum atomic E-state index is -0.615. The maximum Gasteiger partial charge on any atom is 0.229 e. The van der Waals surface area contributed by atoms with Gasteiger partial charge < -0.3 is 16.0 Å². The first-order valence-corrected chi connectivity index (χ1v) is 6.78. The predicted octanol–water partition coefficient (Wildman–Crippen LogP) is 1.08. The molecule has 1 unspecified atom stereocenters. The Morgan fingerprint density at radius 1 is 1.35 bits per heavy atom. The summed E-state index contributed by atoms with van der Waals surface area (Å²) in [6.07, 6.45) is 0. The Labute approximate surface area is 119 Å². The molecule has 1 heterocycles. The Bertz CT molecular complexity index is 526. The smallest absolute Gasteiger partial charge is 0.229 e. The molecule has 0 radical (unpaired) electrons. The summed E-state index contributed by atoms with van der Waals surface area (Å²) in [5, 5.41) is 8.71. The van der Waals surface area contributed by atoms with Gasteiger partial charge in [-0.25, -0.2) is 0 Å². The molecule has 0 saturated heterocycles. The van der Waals surface area contributed by atoms with Gasteiger partial charge in [0, 0.05) is 25.8 Å². The van der Waals surface area contributed by atoms with Crippen LogP contribution in [-0.4, -0.2) is 32.0 Å². The Morgan fingerprint density at radius 3 is 2.75 bits per heavy atom. The van der Waals surface area contributed by atoms with Gasteiger partial charge in [-0.1, -0.05) is 18.2 Å². The first-order chi connectivity index (χ1) is 9.45. The summed E-state index contributed by atoms with van der Waals surface area (Å²) < 4.78 is 0. The number of hydrogen-bond donors (Lipinski definition) is 3. The van der Waals surface area contributed by atoms with Crippen LogP contribution in [0.5, 0.6) is 0 Å². The summed E-state index contributed by atoms with van der Waals surface area (Å²) >= 11 is 0. The molecule has 1 atom stereocenters. The third kappa shape index (κ3) is 2.76. The quantitative estimate of drug-likeness (QED) is 0.770. The summed E-state index contributed by atoms with van der Waals surface area (Å²) in [5.74, 6) is -0.311. The highest BCUT2D eigenvalue weighted by Gasteiger charge is 2.31. The largest absolute Gasteiger partial charge is 0.384 e. The van der Waals surface area contributed by atoms with Crippen molar-refractivity contribution in [1.82, 2.24) is 10.6 Å². The molecule has 0 aromatic heterocycles. The van der Waals surface area contributed by atoms with Gasteiger partial charge in [0.1, 0.15) is 0 Å². The van der Waals surface area contributed by atoms with Gasteiger partial charge in [0.2, 0.25) is 11.8 Å². The van der Waals surface area contributed by atoms with E-state index >= 15 is 0 Å². The van der Waals surface area contributed by atoms with Crippen molar-refractivity contribution >= 4 is 17.5 Å². The Morgan fingerprint density at radius 2 is 2.05 bits per heavy atom. The van der Waals surface area contributed by atoms with Crippen molar-refractivity contribution < 1.29 is 9.59 Å². The van der Waals surface area contributed by atoms with Crippen LogP contribution < -0.4 is 16.0 Å². The maximum atomic E-state index is 12.3. The average Bonchev–Trinajstić information content (AvgIpc) is 2.88. The lowest BCUT2D eigenvalue weighted by Crippen LogP contribution is -2.45.